The first kappa shape index (κ1) is 14.4. The Balaban J connectivity index is 1.91. The number of hydrogen-bond acceptors (Lipinski definition) is 3. The highest BCUT2D eigenvalue weighted by molar-refractivity contribution is 5.83. The Bertz CT molecular complexity index is 474. The number of carbonyl (C=O) groups is 2. The van der Waals surface area contributed by atoms with E-state index in [-0.39, 0.29) is 17.7 Å². The van der Waals surface area contributed by atoms with Crippen LogP contribution in [0.3, 0.4) is 0 Å². The minimum absolute atomic E-state index is 0.0341. The summed E-state index contributed by atoms with van der Waals surface area (Å²) in [4.78, 5) is 25.1. The summed E-state index contributed by atoms with van der Waals surface area (Å²) in [6.07, 6.45) is 1.07. The fourth-order valence-corrected chi connectivity index (χ4v) is 2.34. The lowest BCUT2D eigenvalue weighted by atomic mass is 9.97. The average molecular weight is 276 g/mol. The van der Waals surface area contributed by atoms with Gasteiger partial charge >= 0.3 is 0 Å². The number of nitrogens with one attached hydrogen (secondary N) is 1. The summed E-state index contributed by atoms with van der Waals surface area (Å²) < 4.78 is 5.11. The first-order valence-corrected chi connectivity index (χ1v) is 6.74. The predicted molar refractivity (Wildman–Crippen MR) is 75.2 cm³/mol. The maximum Gasteiger partial charge on any atom is 0.227 e. The summed E-state index contributed by atoms with van der Waals surface area (Å²) in [6.45, 7) is 1.01. The van der Waals surface area contributed by atoms with Crippen LogP contribution in [0.15, 0.2) is 24.3 Å². The van der Waals surface area contributed by atoms with Gasteiger partial charge in [0.15, 0.2) is 0 Å². The fourth-order valence-electron chi connectivity index (χ4n) is 2.34. The van der Waals surface area contributed by atoms with E-state index in [4.69, 9.17) is 4.74 Å². The van der Waals surface area contributed by atoms with E-state index in [1.54, 1.807) is 19.1 Å². The van der Waals surface area contributed by atoms with E-state index in [0.717, 1.165) is 11.3 Å². The Kier molecular flexibility index (Phi) is 4.61. The molecule has 1 heterocycles. The molecule has 0 spiro atoms. The number of hydrogen-bond donors (Lipinski definition) is 1. The largest absolute Gasteiger partial charge is 0.497 e. The van der Waals surface area contributed by atoms with Crippen molar-refractivity contribution in [2.75, 3.05) is 20.7 Å². The summed E-state index contributed by atoms with van der Waals surface area (Å²) >= 11 is 0. The molecule has 1 fully saturated rings. The van der Waals surface area contributed by atoms with Crippen molar-refractivity contribution >= 4 is 11.8 Å². The van der Waals surface area contributed by atoms with E-state index >= 15 is 0 Å². The molecule has 108 valence electrons. The van der Waals surface area contributed by atoms with E-state index in [9.17, 15) is 9.59 Å². The van der Waals surface area contributed by atoms with Crippen LogP contribution in [0, 0.1) is 5.92 Å². The summed E-state index contributed by atoms with van der Waals surface area (Å²) in [5.41, 5.74) is 1.06. The molecule has 5 heteroatoms. The van der Waals surface area contributed by atoms with Gasteiger partial charge in [0.2, 0.25) is 11.8 Å². The monoisotopic (exact) mass is 276 g/mol. The molecule has 2 rings (SSSR count). The Labute approximate surface area is 118 Å². The third-order valence-electron chi connectivity index (χ3n) is 3.57. The molecule has 1 saturated heterocycles. The maximum absolute atomic E-state index is 12.3. The topological polar surface area (TPSA) is 58.6 Å². The second-order valence-electron chi connectivity index (χ2n) is 5.08. The van der Waals surface area contributed by atoms with E-state index in [1.807, 2.05) is 24.3 Å². The van der Waals surface area contributed by atoms with Crippen molar-refractivity contribution in [3.8, 4) is 5.75 Å². The van der Waals surface area contributed by atoms with Gasteiger partial charge in [-0.3, -0.25) is 9.59 Å². The smallest absolute Gasteiger partial charge is 0.227 e. The van der Waals surface area contributed by atoms with Gasteiger partial charge in [0.1, 0.15) is 5.75 Å². The molecule has 1 aliphatic rings. The minimum atomic E-state index is -0.101. The molecule has 0 aromatic heterocycles. The molecule has 0 bridgehead atoms. The highest BCUT2D eigenvalue weighted by Crippen LogP contribution is 2.16. The lowest BCUT2D eigenvalue weighted by Crippen LogP contribution is -2.43. The summed E-state index contributed by atoms with van der Waals surface area (Å²) in [5.74, 6) is 0.821. The number of nitrogens with zero attached hydrogens (tertiary/aromatic N) is 1. The Hall–Kier alpha value is -2.04. The minimum Gasteiger partial charge on any atom is -0.497 e. The van der Waals surface area contributed by atoms with E-state index in [1.165, 1.54) is 0 Å². The summed E-state index contributed by atoms with van der Waals surface area (Å²) in [7, 11) is 3.42. The third-order valence-corrected chi connectivity index (χ3v) is 3.57. The summed E-state index contributed by atoms with van der Waals surface area (Å²) in [5, 5.41) is 2.74. The molecule has 5 nitrogen and oxygen atoms in total. The molecule has 0 radical (unpaired) electrons. The quantitative estimate of drug-likeness (QED) is 0.898. The number of piperidine rings is 1. The molecule has 1 aromatic rings. The van der Waals surface area contributed by atoms with Crippen LogP contribution < -0.4 is 10.1 Å². The standard InChI is InChI=1S/C15H20N2O3/c1-17(10-11-3-6-13(20-2)7-4-11)15(19)12-5-8-14(18)16-9-12/h3-4,6-7,12H,5,8-10H2,1-2H3,(H,16,18). The third kappa shape index (κ3) is 3.50. The van der Waals surface area contributed by atoms with Crippen molar-refractivity contribution in [2.45, 2.75) is 19.4 Å². The zero-order chi connectivity index (χ0) is 14.5. The molecular weight excluding hydrogens is 256 g/mol. The Morgan fingerprint density at radius 3 is 2.65 bits per heavy atom. The molecule has 0 saturated carbocycles. The van der Waals surface area contributed by atoms with Gasteiger partial charge < -0.3 is 15.0 Å². The van der Waals surface area contributed by atoms with Crippen LogP contribution in [0.4, 0.5) is 0 Å². The molecule has 1 N–H and O–H groups in total. The van der Waals surface area contributed by atoms with Gasteiger partial charge in [0, 0.05) is 26.6 Å². The van der Waals surface area contributed by atoms with E-state index in [2.05, 4.69) is 5.32 Å². The summed E-state index contributed by atoms with van der Waals surface area (Å²) in [6, 6.07) is 7.67. The van der Waals surface area contributed by atoms with Crippen LogP contribution in [0.25, 0.3) is 0 Å². The van der Waals surface area contributed by atoms with Crippen molar-refractivity contribution in [1.82, 2.24) is 10.2 Å². The van der Waals surface area contributed by atoms with Crippen LogP contribution in [0.5, 0.6) is 5.75 Å². The molecule has 20 heavy (non-hydrogen) atoms. The fraction of sp³-hybridized carbons (Fsp3) is 0.467. The first-order valence-electron chi connectivity index (χ1n) is 6.74. The predicted octanol–water partition coefficient (Wildman–Crippen LogP) is 1.18. The van der Waals surface area contributed by atoms with Gasteiger partial charge in [0.25, 0.3) is 0 Å². The number of carbonyl (C=O) groups excluding carboxylic acids is 2. The number of methoxy groups -OCH3 is 1. The average Bonchev–Trinajstić information content (AvgIpc) is 2.48. The Morgan fingerprint density at radius 1 is 1.40 bits per heavy atom. The maximum atomic E-state index is 12.3. The van der Waals surface area contributed by atoms with Crippen LogP contribution >= 0.6 is 0 Å². The highest BCUT2D eigenvalue weighted by Gasteiger charge is 2.26. The zero-order valence-corrected chi connectivity index (χ0v) is 11.9. The zero-order valence-electron chi connectivity index (χ0n) is 11.9. The van der Waals surface area contributed by atoms with Gasteiger partial charge in [-0.05, 0) is 24.1 Å². The van der Waals surface area contributed by atoms with Crippen molar-refractivity contribution in [3.63, 3.8) is 0 Å². The number of benzene rings is 1. The van der Waals surface area contributed by atoms with Crippen molar-refractivity contribution in [3.05, 3.63) is 29.8 Å². The number of ether oxygens (including phenoxy) is 1. The molecular formula is C15H20N2O3. The van der Waals surface area contributed by atoms with Crippen LogP contribution in [0.1, 0.15) is 18.4 Å². The van der Waals surface area contributed by atoms with Gasteiger partial charge in [-0.2, -0.15) is 0 Å². The first-order chi connectivity index (χ1) is 9.60. The number of amides is 2. The van der Waals surface area contributed by atoms with E-state index < -0.39 is 0 Å². The molecule has 1 atom stereocenters. The van der Waals surface area contributed by atoms with Crippen LogP contribution in [-0.4, -0.2) is 37.4 Å². The second kappa shape index (κ2) is 6.41. The van der Waals surface area contributed by atoms with Crippen molar-refractivity contribution in [1.29, 1.82) is 0 Å². The van der Waals surface area contributed by atoms with Gasteiger partial charge in [-0.25, -0.2) is 0 Å². The Morgan fingerprint density at radius 2 is 2.10 bits per heavy atom. The normalized spacial score (nSPS) is 18.3. The van der Waals surface area contributed by atoms with Gasteiger partial charge in [-0.1, -0.05) is 12.1 Å². The molecule has 0 aliphatic carbocycles. The molecule has 2 amide bonds. The van der Waals surface area contributed by atoms with E-state index in [0.29, 0.717) is 25.9 Å². The van der Waals surface area contributed by atoms with Crippen molar-refractivity contribution < 1.29 is 14.3 Å². The lowest BCUT2D eigenvalue weighted by Gasteiger charge is -2.26. The SMILES string of the molecule is COc1ccc(CN(C)C(=O)C2CCC(=O)NC2)cc1. The molecule has 1 aromatic carbocycles. The van der Waals surface area contributed by atoms with Gasteiger partial charge in [0.05, 0.1) is 13.0 Å². The van der Waals surface area contributed by atoms with Gasteiger partial charge in [-0.15, -0.1) is 0 Å². The second-order valence-corrected chi connectivity index (χ2v) is 5.08. The highest BCUT2D eigenvalue weighted by atomic mass is 16.5. The van der Waals surface area contributed by atoms with Crippen molar-refractivity contribution in [2.24, 2.45) is 5.92 Å². The molecule has 1 aliphatic heterocycles. The molecule has 1 unspecified atom stereocenters. The van der Waals surface area contributed by atoms with Crippen LogP contribution in [0.2, 0.25) is 0 Å². The number of rotatable bonds is 4. The lowest BCUT2D eigenvalue weighted by molar-refractivity contribution is -0.136. The van der Waals surface area contributed by atoms with Crippen LogP contribution in [-0.2, 0) is 16.1 Å².